The highest BCUT2D eigenvalue weighted by atomic mass is 19.1. The van der Waals surface area contributed by atoms with Crippen LogP contribution < -0.4 is 5.32 Å². The van der Waals surface area contributed by atoms with Crippen LogP contribution in [0.5, 0.6) is 0 Å². The number of rotatable bonds is 5. The van der Waals surface area contributed by atoms with Crippen LogP contribution in [0, 0.1) is 46.1 Å². The molecule has 2 aromatic rings. The fourth-order valence-corrected chi connectivity index (χ4v) is 6.04. The zero-order valence-corrected chi connectivity index (χ0v) is 19.0. The Morgan fingerprint density at radius 1 is 1.32 bits per heavy atom. The Balaban J connectivity index is 1.38. The van der Waals surface area contributed by atoms with E-state index in [1.165, 1.54) is 11.0 Å². The van der Waals surface area contributed by atoms with Crippen LogP contribution in [0.4, 0.5) is 8.78 Å². The van der Waals surface area contributed by atoms with Crippen molar-refractivity contribution in [3.05, 3.63) is 35.5 Å². The molecule has 1 aromatic carbocycles. The van der Waals surface area contributed by atoms with E-state index in [1.807, 2.05) is 13.8 Å². The second kappa shape index (κ2) is 7.90. The number of aromatic nitrogens is 1. The molecule has 1 saturated heterocycles. The summed E-state index contributed by atoms with van der Waals surface area (Å²) in [6, 6.07) is 3.71. The molecule has 1 aromatic heterocycles. The quantitative estimate of drug-likeness (QED) is 0.702. The van der Waals surface area contributed by atoms with Crippen LogP contribution in [-0.4, -0.2) is 46.1 Å². The number of ketones is 1. The first-order chi connectivity index (χ1) is 16.1. The number of aromatic amines is 1. The Hall–Kier alpha value is -3.28. The number of hydrogen-bond acceptors (Lipinski definition) is 4. The highest BCUT2D eigenvalue weighted by molar-refractivity contribution is 6.01. The summed E-state index contributed by atoms with van der Waals surface area (Å²) in [6.07, 6.45) is 2.28. The van der Waals surface area contributed by atoms with E-state index in [0.717, 1.165) is 18.6 Å². The lowest BCUT2D eigenvalue weighted by Crippen LogP contribution is -2.52. The largest absolute Gasteiger partial charge is 0.348 e. The first-order valence-electron chi connectivity index (χ1n) is 11.6. The molecule has 5 atom stereocenters. The van der Waals surface area contributed by atoms with Gasteiger partial charge >= 0.3 is 0 Å². The first-order valence-corrected chi connectivity index (χ1v) is 11.6. The van der Waals surface area contributed by atoms with E-state index in [2.05, 4.69) is 16.4 Å². The van der Waals surface area contributed by atoms with E-state index in [0.29, 0.717) is 19.4 Å². The predicted octanol–water partition coefficient (Wildman–Crippen LogP) is 3.31. The van der Waals surface area contributed by atoms with Gasteiger partial charge in [0.05, 0.1) is 11.6 Å². The third-order valence-corrected chi connectivity index (χ3v) is 8.08. The molecule has 3 aliphatic rings. The van der Waals surface area contributed by atoms with Gasteiger partial charge in [0.15, 0.2) is 0 Å². The molecule has 0 bridgehead atoms. The number of likely N-dealkylation sites (tertiary alicyclic amines) is 1. The number of Topliss-reactive ketones (excluding diaryl/α,β-unsaturated/α-hetero) is 1. The zero-order valence-electron chi connectivity index (χ0n) is 19.0. The van der Waals surface area contributed by atoms with Crippen LogP contribution in [0.1, 0.15) is 50.0 Å². The van der Waals surface area contributed by atoms with Crippen molar-refractivity contribution in [2.45, 2.75) is 51.6 Å². The number of hydrogen-bond donors (Lipinski definition) is 2. The lowest BCUT2D eigenvalue weighted by molar-refractivity contribution is -0.127. The van der Waals surface area contributed by atoms with Gasteiger partial charge in [-0.25, -0.2) is 8.78 Å². The van der Waals surface area contributed by atoms with Gasteiger partial charge in [-0.3, -0.25) is 14.4 Å². The number of nitriles is 1. The molecular formula is C25H26F2N4O3. The second-order valence-electron chi connectivity index (χ2n) is 10.3. The highest BCUT2D eigenvalue weighted by Crippen LogP contribution is 2.65. The summed E-state index contributed by atoms with van der Waals surface area (Å²) in [5, 5.41) is 12.3. The number of halogens is 2. The summed E-state index contributed by atoms with van der Waals surface area (Å²) in [4.78, 5) is 42.8. The molecule has 34 heavy (non-hydrogen) atoms. The normalized spacial score (nSPS) is 28.0. The standard InChI is InChI=1S/C25H26F2N4O3/c1-25(2)15-11-31(24(34)18-9-14-16(26)6-7-17(27)21(14)30-18)22(20(15)25)23(33)29-13(10-28)8-12-4-3-5-19(12)32/h6-7,9,12-13,15,20,22,30H,3-5,8,11H2,1-2H3,(H,29,33)/t12-,13-,15-,20-,22-/m0/s1. The lowest BCUT2D eigenvalue weighted by atomic mass is 9.96. The van der Waals surface area contributed by atoms with E-state index in [9.17, 15) is 28.4 Å². The number of H-pyrrole nitrogens is 1. The Morgan fingerprint density at radius 2 is 2.06 bits per heavy atom. The average Bonchev–Trinajstić information content (AvgIpc) is 3.32. The molecule has 0 spiro atoms. The molecule has 2 amide bonds. The van der Waals surface area contributed by atoms with Crippen LogP contribution >= 0.6 is 0 Å². The summed E-state index contributed by atoms with van der Waals surface area (Å²) in [7, 11) is 0. The number of nitrogens with one attached hydrogen (secondary N) is 2. The molecule has 1 aliphatic heterocycles. The minimum Gasteiger partial charge on any atom is -0.348 e. The van der Waals surface area contributed by atoms with Crippen molar-refractivity contribution >= 4 is 28.5 Å². The van der Waals surface area contributed by atoms with Crippen LogP contribution in [0.15, 0.2) is 18.2 Å². The van der Waals surface area contributed by atoms with Gasteiger partial charge in [-0.2, -0.15) is 5.26 Å². The Bertz CT molecular complexity index is 1210. The molecule has 9 heteroatoms. The molecular weight excluding hydrogens is 442 g/mol. The van der Waals surface area contributed by atoms with Crippen molar-refractivity contribution in [2.24, 2.45) is 23.2 Å². The van der Waals surface area contributed by atoms with Crippen molar-refractivity contribution in [3.8, 4) is 6.07 Å². The van der Waals surface area contributed by atoms with Crippen molar-refractivity contribution in [1.29, 1.82) is 5.26 Å². The van der Waals surface area contributed by atoms with E-state index in [1.54, 1.807) is 0 Å². The molecule has 2 aliphatic carbocycles. The summed E-state index contributed by atoms with van der Waals surface area (Å²) in [5.74, 6) is -2.35. The Labute approximate surface area is 195 Å². The third kappa shape index (κ3) is 3.47. The van der Waals surface area contributed by atoms with Crippen molar-refractivity contribution in [2.75, 3.05) is 6.54 Å². The Kier molecular flexibility index (Phi) is 5.23. The molecule has 0 unspecified atom stereocenters. The van der Waals surface area contributed by atoms with Crippen molar-refractivity contribution < 1.29 is 23.2 Å². The molecule has 5 rings (SSSR count). The van der Waals surface area contributed by atoms with E-state index in [-0.39, 0.29) is 52.0 Å². The molecule has 3 fully saturated rings. The molecule has 2 heterocycles. The van der Waals surface area contributed by atoms with Gasteiger partial charge in [0.1, 0.15) is 35.2 Å². The maximum atomic E-state index is 14.1. The SMILES string of the molecule is CC1(C)[C@@H]2[C@@H](C(=O)N[C@H](C#N)C[C@@H]3CCCC3=O)N(C(=O)c3cc4c(F)ccc(F)c4[nH]3)C[C@@H]21. The number of nitrogens with zero attached hydrogens (tertiary/aromatic N) is 2. The third-order valence-electron chi connectivity index (χ3n) is 8.08. The number of fused-ring (bicyclic) bond motifs is 2. The van der Waals surface area contributed by atoms with E-state index < -0.39 is 35.5 Å². The fourth-order valence-electron chi connectivity index (χ4n) is 6.04. The molecule has 0 radical (unpaired) electrons. The minimum absolute atomic E-state index is 0.00397. The second-order valence-corrected chi connectivity index (χ2v) is 10.3. The van der Waals surface area contributed by atoms with Gasteiger partial charge in [0.25, 0.3) is 5.91 Å². The highest BCUT2D eigenvalue weighted by Gasteiger charge is 2.69. The summed E-state index contributed by atoms with van der Waals surface area (Å²) >= 11 is 0. The number of piperidine rings is 1. The summed E-state index contributed by atoms with van der Waals surface area (Å²) in [5.41, 5.74) is -0.231. The minimum atomic E-state index is -0.825. The van der Waals surface area contributed by atoms with Gasteiger partial charge in [0, 0.05) is 24.3 Å². The monoisotopic (exact) mass is 468 g/mol. The topological polar surface area (TPSA) is 106 Å². The van der Waals surface area contributed by atoms with Crippen LogP contribution in [0.2, 0.25) is 0 Å². The van der Waals surface area contributed by atoms with Gasteiger partial charge in [0.2, 0.25) is 5.91 Å². The van der Waals surface area contributed by atoms with Gasteiger partial charge in [-0.05, 0) is 54.7 Å². The van der Waals surface area contributed by atoms with E-state index in [4.69, 9.17) is 0 Å². The number of benzene rings is 1. The van der Waals surface area contributed by atoms with Crippen molar-refractivity contribution in [1.82, 2.24) is 15.2 Å². The van der Waals surface area contributed by atoms with E-state index >= 15 is 0 Å². The molecule has 178 valence electrons. The van der Waals surface area contributed by atoms with Crippen molar-refractivity contribution in [3.63, 3.8) is 0 Å². The first kappa shape index (κ1) is 22.5. The zero-order chi connectivity index (χ0) is 24.4. The summed E-state index contributed by atoms with van der Waals surface area (Å²) < 4.78 is 28.3. The number of carbonyl (C=O) groups excluding carboxylic acids is 3. The number of amides is 2. The Morgan fingerprint density at radius 3 is 2.71 bits per heavy atom. The molecule has 2 saturated carbocycles. The predicted molar refractivity (Wildman–Crippen MR) is 118 cm³/mol. The van der Waals surface area contributed by atoms with Crippen LogP contribution in [0.3, 0.4) is 0 Å². The maximum absolute atomic E-state index is 14.1. The summed E-state index contributed by atoms with van der Waals surface area (Å²) in [6.45, 7) is 4.42. The maximum Gasteiger partial charge on any atom is 0.271 e. The smallest absolute Gasteiger partial charge is 0.271 e. The van der Waals surface area contributed by atoms with Crippen LogP contribution in [0.25, 0.3) is 10.9 Å². The molecule has 2 N–H and O–H groups in total. The van der Waals surface area contributed by atoms with Crippen LogP contribution in [-0.2, 0) is 9.59 Å². The lowest BCUT2D eigenvalue weighted by Gasteiger charge is -2.30. The molecule has 7 nitrogen and oxygen atoms in total. The fraction of sp³-hybridized carbons (Fsp3) is 0.520. The number of carbonyl (C=O) groups is 3. The van der Waals surface area contributed by atoms with Gasteiger partial charge in [-0.1, -0.05) is 13.8 Å². The van der Waals surface area contributed by atoms with Gasteiger partial charge < -0.3 is 15.2 Å². The average molecular weight is 469 g/mol. The van der Waals surface area contributed by atoms with Gasteiger partial charge in [-0.15, -0.1) is 0 Å².